The van der Waals surface area contributed by atoms with Gasteiger partial charge >= 0.3 is 6.01 Å². The van der Waals surface area contributed by atoms with Gasteiger partial charge in [0.05, 0.1) is 29.7 Å². The van der Waals surface area contributed by atoms with Crippen molar-refractivity contribution in [2.75, 3.05) is 12.4 Å². The van der Waals surface area contributed by atoms with E-state index in [9.17, 15) is 8.78 Å². The third-order valence-corrected chi connectivity index (χ3v) is 5.48. The van der Waals surface area contributed by atoms with Crippen LogP contribution in [0, 0.1) is 17.6 Å². The third kappa shape index (κ3) is 6.43. The first-order chi connectivity index (χ1) is 15.5. The van der Waals surface area contributed by atoms with Crippen LogP contribution in [-0.4, -0.2) is 22.1 Å². The van der Waals surface area contributed by atoms with Crippen LogP contribution in [0.1, 0.15) is 31.0 Å². The highest BCUT2D eigenvalue weighted by Gasteiger charge is 2.13. The monoisotopic (exact) mass is 457 g/mol. The number of aryl methyl sites for hydroxylation is 1. The lowest BCUT2D eigenvalue weighted by Gasteiger charge is -2.15. The largest absolute Gasteiger partial charge is 0.496 e. The van der Waals surface area contributed by atoms with Gasteiger partial charge in [0.2, 0.25) is 0 Å². The van der Waals surface area contributed by atoms with Gasteiger partial charge in [0.15, 0.2) is 5.82 Å². The Morgan fingerprint density at radius 2 is 1.84 bits per heavy atom. The first-order valence-corrected chi connectivity index (χ1v) is 10.7. The molecule has 1 atom stereocenters. The zero-order valence-electron chi connectivity index (χ0n) is 18.0. The Labute approximate surface area is 191 Å². The summed E-state index contributed by atoms with van der Waals surface area (Å²) in [5.74, 6) is -0.139. The second-order valence-corrected chi connectivity index (χ2v) is 7.75. The molecule has 0 spiro atoms. The van der Waals surface area contributed by atoms with Gasteiger partial charge in [-0.05, 0) is 37.5 Å². The molecular weight excluding hydrogens is 432 g/mol. The maximum absolute atomic E-state index is 14.2. The number of nitrogens with one attached hydrogen (secondary N) is 1. The summed E-state index contributed by atoms with van der Waals surface area (Å²) in [6.45, 7) is 2.16. The lowest BCUT2D eigenvalue weighted by Crippen LogP contribution is -2.19. The molecule has 32 heavy (non-hydrogen) atoms. The van der Waals surface area contributed by atoms with Crippen molar-refractivity contribution in [2.24, 2.45) is 5.92 Å². The Hall–Kier alpha value is -3.13. The highest BCUT2D eigenvalue weighted by Crippen LogP contribution is 2.20. The van der Waals surface area contributed by atoms with E-state index in [1.54, 1.807) is 25.3 Å². The smallest absolute Gasteiger partial charge is 0.317 e. The van der Waals surface area contributed by atoms with Crippen molar-refractivity contribution >= 4 is 22.9 Å². The highest BCUT2D eigenvalue weighted by molar-refractivity contribution is 7.80. The topological polar surface area (TPSA) is 56.3 Å². The summed E-state index contributed by atoms with van der Waals surface area (Å²) in [5.41, 5.74) is 1.48. The Bertz CT molecular complexity index is 1060. The second-order valence-electron chi connectivity index (χ2n) is 7.31. The first kappa shape index (κ1) is 23.5. The van der Waals surface area contributed by atoms with Crippen molar-refractivity contribution in [3.8, 4) is 11.8 Å². The van der Waals surface area contributed by atoms with Crippen molar-refractivity contribution in [1.82, 2.24) is 9.97 Å². The van der Waals surface area contributed by atoms with Gasteiger partial charge in [-0.1, -0.05) is 49.5 Å². The van der Waals surface area contributed by atoms with Crippen LogP contribution in [-0.2, 0) is 13.0 Å². The molecule has 0 bridgehead atoms. The molecule has 168 valence electrons. The Morgan fingerprint density at radius 1 is 1.09 bits per heavy atom. The van der Waals surface area contributed by atoms with E-state index >= 15 is 0 Å². The van der Waals surface area contributed by atoms with Crippen molar-refractivity contribution in [3.05, 3.63) is 77.6 Å². The molecular formula is C24H25F2N3O2S. The van der Waals surface area contributed by atoms with Crippen molar-refractivity contribution in [2.45, 2.75) is 32.8 Å². The number of benzene rings is 2. The molecule has 0 aliphatic heterocycles. The fraction of sp³-hybridized carbons (Fsp3) is 0.292. The van der Waals surface area contributed by atoms with E-state index in [1.165, 1.54) is 6.07 Å². The van der Waals surface area contributed by atoms with Gasteiger partial charge in [-0.3, -0.25) is 0 Å². The molecule has 1 N–H and O–H groups in total. The second kappa shape index (κ2) is 11.5. The van der Waals surface area contributed by atoms with E-state index in [0.717, 1.165) is 11.8 Å². The van der Waals surface area contributed by atoms with E-state index in [0.29, 0.717) is 35.7 Å². The highest BCUT2D eigenvalue weighted by atomic mass is 32.1. The van der Waals surface area contributed by atoms with Crippen LogP contribution in [0.2, 0.25) is 0 Å². The van der Waals surface area contributed by atoms with Crippen LogP contribution in [0.4, 0.5) is 14.5 Å². The number of nitrogens with zero attached hydrogens (tertiary/aromatic N) is 2. The normalized spacial score (nSPS) is 11.6. The van der Waals surface area contributed by atoms with Crippen molar-refractivity contribution < 1.29 is 18.3 Å². The number of ether oxygens (including phenoxy) is 2. The van der Waals surface area contributed by atoms with Gasteiger partial charge in [-0.2, -0.15) is 4.98 Å². The van der Waals surface area contributed by atoms with Gasteiger partial charge < -0.3 is 14.8 Å². The number of aromatic nitrogens is 2. The average Bonchev–Trinajstić information content (AvgIpc) is 2.80. The van der Waals surface area contributed by atoms with E-state index < -0.39 is 5.82 Å². The molecule has 0 fully saturated rings. The maximum Gasteiger partial charge on any atom is 0.317 e. The van der Waals surface area contributed by atoms with Crippen LogP contribution in [0.5, 0.6) is 11.8 Å². The molecule has 0 saturated heterocycles. The fourth-order valence-electron chi connectivity index (χ4n) is 3.12. The van der Waals surface area contributed by atoms with Gasteiger partial charge in [0, 0.05) is 11.5 Å². The number of thiocarbonyl (C=S) groups is 1. The number of anilines is 1. The van der Waals surface area contributed by atoms with Crippen LogP contribution >= 0.6 is 12.2 Å². The summed E-state index contributed by atoms with van der Waals surface area (Å²) in [5, 5.41) is 2.95. The average molecular weight is 458 g/mol. The summed E-state index contributed by atoms with van der Waals surface area (Å²) >= 11 is 5.39. The Morgan fingerprint density at radius 3 is 2.62 bits per heavy atom. The Balaban J connectivity index is 1.52. The number of para-hydroxylation sites is 2. The standard InChI is InChI=1S/C24H25F2N3O2S/c1-16(23(32)28-20-11-5-4-10-18(20)25)8-7-12-21-19(26)14-27-24(29-21)31-15-17-9-3-6-13-22(17)30-2/h3-6,9-11,13-14,16H,7-8,12,15H2,1-2H3,(H,28,32)/t16-/m0/s1. The number of methoxy groups -OCH3 is 1. The summed E-state index contributed by atoms with van der Waals surface area (Å²) in [4.78, 5) is 8.68. The van der Waals surface area contributed by atoms with Crippen molar-refractivity contribution in [1.29, 1.82) is 0 Å². The predicted octanol–water partition coefficient (Wildman–Crippen LogP) is 5.74. The van der Waals surface area contributed by atoms with Gasteiger partial charge in [-0.25, -0.2) is 13.8 Å². The first-order valence-electron chi connectivity index (χ1n) is 10.3. The van der Waals surface area contributed by atoms with Gasteiger partial charge in [-0.15, -0.1) is 0 Å². The summed E-state index contributed by atoms with van der Waals surface area (Å²) < 4.78 is 38.9. The molecule has 3 aromatic rings. The van der Waals surface area contributed by atoms with E-state index in [2.05, 4.69) is 15.3 Å². The van der Waals surface area contributed by atoms with Crippen LogP contribution in [0.3, 0.4) is 0 Å². The van der Waals surface area contributed by atoms with E-state index in [1.807, 2.05) is 31.2 Å². The molecule has 0 radical (unpaired) electrons. The molecule has 1 heterocycles. The fourth-order valence-corrected chi connectivity index (χ4v) is 3.35. The van der Waals surface area contributed by atoms with Crippen LogP contribution in [0.15, 0.2) is 54.7 Å². The predicted molar refractivity (Wildman–Crippen MR) is 124 cm³/mol. The SMILES string of the molecule is COc1ccccc1COc1ncc(F)c(CCC[C@H](C)C(=S)Nc2ccccc2F)n1. The van der Waals surface area contributed by atoms with Crippen LogP contribution in [0.25, 0.3) is 0 Å². The zero-order chi connectivity index (χ0) is 22.9. The van der Waals surface area contributed by atoms with Crippen molar-refractivity contribution in [3.63, 3.8) is 0 Å². The molecule has 5 nitrogen and oxygen atoms in total. The molecule has 8 heteroatoms. The third-order valence-electron chi connectivity index (χ3n) is 4.97. The molecule has 3 rings (SSSR count). The summed E-state index contributed by atoms with van der Waals surface area (Å²) in [7, 11) is 1.59. The summed E-state index contributed by atoms with van der Waals surface area (Å²) in [6.07, 6.45) is 2.88. The minimum Gasteiger partial charge on any atom is -0.496 e. The lowest BCUT2D eigenvalue weighted by molar-refractivity contribution is 0.271. The molecule has 0 aliphatic carbocycles. The lowest BCUT2D eigenvalue weighted by atomic mass is 10.0. The number of hydrogen-bond donors (Lipinski definition) is 1. The molecule has 2 aromatic carbocycles. The Kier molecular flexibility index (Phi) is 8.44. The quantitative estimate of drug-likeness (QED) is 0.392. The molecule has 0 saturated carbocycles. The molecule has 0 amide bonds. The molecule has 0 aliphatic rings. The van der Waals surface area contributed by atoms with E-state index in [4.69, 9.17) is 21.7 Å². The number of rotatable bonds is 10. The minimum atomic E-state index is -0.477. The zero-order valence-corrected chi connectivity index (χ0v) is 18.8. The number of hydrogen-bond acceptors (Lipinski definition) is 5. The summed E-state index contributed by atoms with van der Waals surface area (Å²) in [6, 6.07) is 13.9. The minimum absolute atomic E-state index is 0.00392. The maximum atomic E-state index is 14.2. The van der Waals surface area contributed by atoms with Crippen LogP contribution < -0.4 is 14.8 Å². The van der Waals surface area contributed by atoms with Gasteiger partial charge in [0.25, 0.3) is 0 Å². The van der Waals surface area contributed by atoms with Gasteiger partial charge in [0.1, 0.15) is 18.2 Å². The van der Waals surface area contributed by atoms with E-state index in [-0.39, 0.29) is 30.0 Å². The number of halogens is 2. The molecule has 1 aromatic heterocycles. The molecule has 0 unspecified atom stereocenters.